The number of hydrogen-bond donors (Lipinski definition) is 1. The third kappa shape index (κ3) is 3.51. The Labute approximate surface area is 122 Å². The van der Waals surface area contributed by atoms with E-state index in [9.17, 15) is 14.0 Å². The summed E-state index contributed by atoms with van der Waals surface area (Å²) in [6.45, 7) is 1.72. The Morgan fingerprint density at radius 2 is 2.14 bits per heavy atom. The molecule has 6 heteroatoms. The minimum absolute atomic E-state index is 0.00267. The van der Waals surface area contributed by atoms with E-state index in [1.165, 1.54) is 25.3 Å². The zero-order valence-corrected chi connectivity index (χ0v) is 12.0. The normalized spacial score (nSPS) is 15.4. The molecule has 0 saturated heterocycles. The molecule has 21 heavy (non-hydrogen) atoms. The molecule has 0 radical (unpaired) electrons. The van der Waals surface area contributed by atoms with Crippen LogP contribution in [0, 0.1) is 11.7 Å². The zero-order valence-electron chi connectivity index (χ0n) is 12.0. The van der Waals surface area contributed by atoms with Crippen LogP contribution in [-0.2, 0) is 4.79 Å². The van der Waals surface area contributed by atoms with Crippen molar-refractivity contribution in [1.82, 2.24) is 4.90 Å². The molecule has 2 rings (SSSR count). The fourth-order valence-electron chi connectivity index (χ4n) is 2.12. The molecular formula is C15H18FNO4. The van der Waals surface area contributed by atoms with Crippen LogP contribution in [0.1, 0.15) is 30.1 Å². The van der Waals surface area contributed by atoms with Crippen molar-refractivity contribution >= 4 is 11.9 Å². The highest BCUT2D eigenvalue weighted by Gasteiger charge is 2.35. The molecule has 1 aliphatic rings. The number of amides is 1. The Kier molecular flexibility index (Phi) is 4.45. The van der Waals surface area contributed by atoms with E-state index in [0.29, 0.717) is 5.56 Å². The second-order valence-electron chi connectivity index (χ2n) is 5.28. The van der Waals surface area contributed by atoms with Crippen molar-refractivity contribution < 1.29 is 23.8 Å². The number of hydrogen-bond acceptors (Lipinski definition) is 3. The Bertz CT molecular complexity index is 557. The van der Waals surface area contributed by atoms with Gasteiger partial charge in [-0.15, -0.1) is 0 Å². The van der Waals surface area contributed by atoms with Crippen molar-refractivity contribution in [2.75, 3.05) is 13.7 Å². The third-order valence-corrected chi connectivity index (χ3v) is 3.54. The summed E-state index contributed by atoms with van der Waals surface area (Å²) in [5.74, 6) is -2.40. The predicted octanol–water partition coefficient (Wildman–Crippen LogP) is 2.16. The third-order valence-electron chi connectivity index (χ3n) is 3.54. The quantitative estimate of drug-likeness (QED) is 0.873. The smallest absolute Gasteiger partial charge is 0.308 e. The molecule has 1 aliphatic carbocycles. The molecule has 0 bridgehead atoms. The fourth-order valence-corrected chi connectivity index (χ4v) is 2.12. The number of nitrogens with zero attached hydrogens (tertiary/aromatic N) is 1. The Morgan fingerprint density at radius 1 is 1.48 bits per heavy atom. The number of carboxylic acid groups (broad SMARTS) is 1. The summed E-state index contributed by atoms with van der Waals surface area (Å²) in [5.41, 5.74) is 0.303. The van der Waals surface area contributed by atoms with Crippen molar-refractivity contribution in [3.05, 3.63) is 29.6 Å². The average molecular weight is 295 g/mol. The van der Waals surface area contributed by atoms with Gasteiger partial charge in [0.05, 0.1) is 13.0 Å². The lowest BCUT2D eigenvalue weighted by molar-refractivity contribution is -0.141. The first-order valence-corrected chi connectivity index (χ1v) is 6.81. The monoisotopic (exact) mass is 295 g/mol. The molecule has 0 spiro atoms. The predicted molar refractivity (Wildman–Crippen MR) is 73.8 cm³/mol. The summed E-state index contributed by atoms with van der Waals surface area (Å²) in [4.78, 5) is 25.1. The van der Waals surface area contributed by atoms with Crippen molar-refractivity contribution in [2.24, 2.45) is 5.92 Å². The van der Waals surface area contributed by atoms with Crippen LogP contribution >= 0.6 is 0 Å². The van der Waals surface area contributed by atoms with Gasteiger partial charge in [0, 0.05) is 18.2 Å². The summed E-state index contributed by atoms with van der Waals surface area (Å²) in [6, 6.07) is 3.99. The second-order valence-corrected chi connectivity index (χ2v) is 5.28. The van der Waals surface area contributed by atoms with Crippen molar-refractivity contribution in [3.63, 3.8) is 0 Å². The maximum atomic E-state index is 13.4. The molecule has 5 nitrogen and oxygen atoms in total. The second kappa shape index (κ2) is 6.11. The summed E-state index contributed by atoms with van der Waals surface area (Å²) >= 11 is 0. The van der Waals surface area contributed by atoms with Crippen molar-refractivity contribution in [3.8, 4) is 5.75 Å². The van der Waals surface area contributed by atoms with E-state index < -0.39 is 17.7 Å². The van der Waals surface area contributed by atoms with Gasteiger partial charge in [-0.3, -0.25) is 9.59 Å². The van der Waals surface area contributed by atoms with Crippen LogP contribution in [0.5, 0.6) is 5.75 Å². The van der Waals surface area contributed by atoms with E-state index in [1.54, 1.807) is 11.8 Å². The summed E-state index contributed by atoms with van der Waals surface area (Å²) in [6.07, 6.45) is 1.74. The number of carbonyl (C=O) groups excluding carboxylic acids is 1. The van der Waals surface area contributed by atoms with E-state index in [4.69, 9.17) is 9.84 Å². The van der Waals surface area contributed by atoms with Crippen LogP contribution in [0.2, 0.25) is 0 Å². The van der Waals surface area contributed by atoms with E-state index in [1.807, 2.05) is 0 Å². The number of benzene rings is 1. The average Bonchev–Trinajstić information content (AvgIpc) is 3.28. The van der Waals surface area contributed by atoms with E-state index in [2.05, 4.69) is 0 Å². The van der Waals surface area contributed by atoms with Crippen LogP contribution in [-0.4, -0.2) is 41.6 Å². The largest absolute Gasteiger partial charge is 0.494 e. The lowest BCUT2D eigenvalue weighted by atomic mass is 10.1. The molecule has 1 unspecified atom stereocenters. The zero-order chi connectivity index (χ0) is 15.6. The molecular weight excluding hydrogens is 277 g/mol. The van der Waals surface area contributed by atoms with Crippen LogP contribution < -0.4 is 4.74 Å². The number of aliphatic carboxylic acids is 1. The Hall–Kier alpha value is -2.11. The van der Waals surface area contributed by atoms with E-state index >= 15 is 0 Å². The minimum atomic E-state index is -0.940. The van der Waals surface area contributed by atoms with Crippen molar-refractivity contribution in [1.29, 1.82) is 0 Å². The summed E-state index contributed by atoms with van der Waals surface area (Å²) in [7, 11) is 1.33. The number of rotatable bonds is 6. The van der Waals surface area contributed by atoms with Gasteiger partial charge in [0.1, 0.15) is 0 Å². The fraction of sp³-hybridized carbons (Fsp3) is 0.467. The molecule has 1 atom stereocenters. The van der Waals surface area contributed by atoms with Gasteiger partial charge in [0.15, 0.2) is 11.6 Å². The Balaban J connectivity index is 2.20. The van der Waals surface area contributed by atoms with Gasteiger partial charge in [-0.1, -0.05) is 6.92 Å². The van der Waals surface area contributed by atoms with Crippen LogP contribution in [0.15, 0.2) is 18.2 Å². The van der Waals surface area contributed by atoms with Gasteiger partial charge in [-0.2, -0.15) is 0 Å². The highest BCUT2D eigenvalue weighted by Crippen LogP contribution is 2.30. The molecule has 1 saturated carbocycles. The van der Waals surface area contributed by atoms with Crippen LogP contribution in [0.4, 0.5) is 4.39 Å². The minimum Gasteiger partial charge on any atom is -0.494 e. The molecule has 1 aromatic rings. The number of halogens is 1. The SMILES string of the molecule is COc1cc(C(=O)N(CC(C)C(=O)O)C2CC2)ccc1F. The van der Waals surface area contributed by atoms with Gasteiger partial charge in [0.25, 0.3) is 5.91 Å². The van der Waals surface area contributed by atoms with Crippen LogP contribution in [0.3, 0.4) is 0 Å². The molecule has 1 aromatic carbocycles. The lowest BCUT2D eigenvalue weighted by Crippen LogP contribution is -2.38. The standard InChI is InChI=1S/C15H18FNO4/c1-9(15(19)20)8-17(11-4-5-11)14(18)10-3-6-12(16)13(7-10)21-2/h3,6-7,9,11H,4-5,8H2,1-2H3,(H,19,20). The van der Waals surface area contributed by atoms with Gasteiger partial charge >= 0.3 is 5.97 Å². The first kappa shape index (κ1) is 15.3. The van der Waals surface area contributed by atoms with Gasteiger partial charge < -0.3 is 14.7 Å². The number of carbonyl (C=O) groups is 2. The molecule has 0 heterocycles. The van der Waals surface area contributed by atoms with Crippen LogP contribution in [0.25, 0.3) is 0 Å². The molecule has 1 N–H and O–H groups in total. The molecule has 0 aromatic heterocycles. The Morgan fingerprint density at radius 3 is 2.67 bits per heavy atom. The first-order valence-electron chi connectivity index (χ1n) is 6.81. The first-order chi connectivity index (χ1) is 9.93. The maximum Gasteiger partial charge on any atom is 0.308 e. The summed E-state index contributed by atoms with van der Waals surface area (Å²) in [5, 5.41) is 9.00. The summed E-state index contributed by atoms with van der Waals surface area (Å²) < 4.78 is 18.3. The van der Waals surface area contributed by atoms with Crippen molar-refractivity contribution in [2.45, 2.75) is 25.8 Å². The number of methoxy groups -OCH3 is 1. The molecule has 0 aliphatic heterocycles. The number of ether oxygens (including phenoxy) is 1. The van der Waals surface area contributed by atoms with Gasteiger partial charge in [-0.25, -0.2) is 4.39 Å². The van der Waals surface area contributed by atoms with Gasteiger partial charge in [-0.05, 0) is 31.0 Å². The molecule has 1 fully saturated rings. The van der Waals surface area contributed by atoms with Gasteiger partial charge in [0.2, 0.25) is 0 Å². The number of carboxylic acids is 1. The van der Waals surface area contributed by atoms with E-state index in [-0.39, 0.29) is 24.2 Å². The lowest BCUT2D eigenvalue weighted by Gasteiger charge is -2.24. The maximum absolute atomic E-state index is 13.4. The highest BCUT2D eigenvalue weighted by atomic mass is 19.1. The molecule has 114 valence electrons. The molecule has 1 amide bonds. The topological polar surface area (TPSA) is 66.8 Å². The highest BCUT2D eigenvalue weighted by molar-refractivity contribution is 5.95. The van der Waals surface area contributed by atoms with E-state index in [0.717, 1.165) is 12.8 Å².